The topological polar surface area (TPSA) is 69.9 Å². The van der Waals surface area contributed by atoms with Gasteiger partial charge in [-0.1, -0.05) is 24.1 Å². The molecule has 212 valence electrons. The van der Waals surface area contributed by atoms with Crippen LogP contribution in [0.4, 0.5) is 13.2 Å². The van der Waals surface area contributed by atoms with E-state index in [9.17, 15) is 18.0 Å². The van der Waals surface area contributed by atoms with E-state index in [1.165, 1.54) is 5.39 Å². The van der Waals surface area contributed by atoms with Crippen molar-refractivity contribution >= 4 is 40.7 Å². The molecule has 2 fully saturated rings. The predicted octanol–water partition coefficient (Wildman–Crippen LogP) is 6.15. The second kappa shape index (κ2) is 12.1. The summed E-state index contributed by atoms with van der Waals surface area (Å²) in [6, 6.07) is 8.37. The van der Waals surface area contributed by atoms with E-state index in [0.29, 0.717) is 12.8 Å². The quantitative estimate of drug-likeness (QED) is 0.360. The van der Waals surface area contributed by atoms with Gasteiger partial charge in [0, 0.05) is 55.7 Å². The summed E-state index contributed by atoms with van der Waals surface area (Å²) < 4.78 is 42.1. The Morgan fingerprint density at radius 1 is 1.15 bits per heavy atom. The van der Waals surface area contributed by atoms with Crippen molar-refractivity contribution in [2.24, 2.45) is 16.8 Å². The van der Waals surface area contributed by atoms with Gasteiger partial charge in [0.1, 0.15) is 11.4 Å². The highest BCUT2D eigenvalue weighted by Gasteiger charge is 2.47. The Balaban J connectivity index is 1.12. The third kappa shape index (κ3) is 6.72. The average molecular weight is 563 g/mol. The highest BCUT2D eigenvalue weighted by molar-refractivity contribution is 8.00. The molecule has 3 aliphatic rings. The second-order valence-corrected chi connectivity index (χ2v) is 12.1. The van der Waals surface area contributed by atoms with Gasteiger partial charge >= 0.3 is 6.18 Å². The van der Waals surface area contributed by atoms with Crippen molar-refractivity contribution in [3.63, 3.8) is 0 Å². The highest BCUT2D eigenvalue weighted by atomic mass is 32.2. The van der Waals surface area contributed by atoms with E-state index in [2.05, 4.69) is 56.1 Å². The number of carbonyl (C=O) groups excluding carboxylic acids is 1. The van der Waals surface area contributed by atoms with Crippen molar-refractivity contribution in [1.82, 2.24) is 14.2 Å². The van der Waals surface area contributed by atoms with Crippen LogP contribution in [-0.2, 0) is 11.3 Å². The Bertz CT molecular complexity index is 1210. The number of fused-ring (bicyclic) bond motifs is 1. The maximum absolute atomic E-state index is 13.0. The summed E-state index contributed by atoms with van der Waals surface area (Å²) in [6.45, 7) is 2.48. The Kier molecular flexibility index (Phi) is 8.73. The third-order valence-corrected chi connectivity index (χ3v) is 9.40. The smallest absolute Gasteiger partial charge is 0.389 e. The molecular formula is C29H37F3N4O2S. The highest BCUT2D eigenvalue weighted by Crippen LogP contribution is 2.38. The maximum atomic E-state index is 13.0. The molecule has 1 amide bonds. The Hall–Kier alpha value is -2.30. The van der Waals surface area contributed by atoms with Crippen LogP contribution in [0.15, 0.2) is 40.9 Å². The molecule has 2 aromatic rings. The van der Waals surface area contributed by atoms with E-state index in [1.807, 2.05) is 0 Å². The number of carbonyl (C=O) groups is 1. The summed E-state index contributed by atoms with van der Waals surface area (Å²) in [7, 11) is 0. The number of alkyl halides is 3. The van der Waals surface area contributed by atoms with Crippen LogP contribution in [0.2, 0.25) is 0 Å². The number of aliphatic imine (C=N–C) groups is 1. The molecule has 39 heavy (non-hydrogen) atoms. The molecule has 1 spiro atoms. The summed E-state index contributed by atoms with van der Waals surface area (Å²) in [5.41, 5.74) is 1.60. The standard InChI is InChI=1S/C29H37F3N4O2S/c30-29(31,32)12-9-21-5-7-23(8-6-21)26-33-27(38)28(34-26)13-17-36(18-14-28)39-20-11-22-3-1-4-25-24(22)10-16-35(25)15-2-19-37/h1,3-4,10-11,16,20-21,23,37H,2,5-9,12-15,17-19H2,(H,33,34,38)/b20-11+. The van der Waals surface area contributed by atoms with E-state index in [-0.39, 0.29) is 30.8 Å². The van der Waals surface area contributed by atoms with Crippen LogP contribution in [0.1, 0.15) is 63.4 Å². The van der Waals surface area contributed by atoms with Crippen LogP contribution in [0.3, 0.4) is 0 Å². The van der Waals surface area contributed by atoms with Gasteiger partial charge in [0.2, 0.25) is 0 Å². The molecule has 1 aromatic carbocycles. The first-order chi connectivity index (χ1) is 18.8. The molecule has 2 aliphatic heterocycles. The molecule has 0 atom stereocenters. The summed E-state index contributed by atoms with van der Waals surface area (Å²) in [4.78, 5) is 17.9. The first-order valence-corrected chi connectivity index (χ1v) is 14.8. The van der Waals surface area contributed by atoms with E-state index in [1.54, 1.807) is 11.9 Å². The fourth-order valence-corrected chi connectivity index (χ4v) is 6.92. The Morgan fingerprint density at radius 2 is 1.92 bits per heavy atom. The van der Waals surface area contributed by atoms with Crippen molar-refractivity contribution in [1.29, 1.82) is 0 Å². The predicted molar refractivity (Wildman–Crippen MR) is 150 cm³/mol. The third-order valence-electron chi connectivity index (χ3n) is 8.48. The minimum Gasteiger partial charge on any atom is -0.396 e. The van der Waals surface area contributed by atoms with Gasteiger partial charge in [-0.15, -0.1) is 0 Å². The van der Waals surface area contributed by atoms with E-state index in [0.717, 1.165) is 68.7 Å². The van der Waals surface area contributed by atoms with Crippen LogP contribution in [0.25, 0.3) is 17.0 Å². The molecule has 10 heteroatoms. The van der Waals surface area contributed by atoms with Gasteiger partial charge in [0.05, 0.1) is 0 Å². The number of piperidine rings is 1. The molecule has 3 heterocycles. The normalized spacial score (nSPS) is 24.1. The fourth-order valence-electron chi connectivity index (χ4n) is 6.15. The van der Waals surface area contributed by atoms with Crippen LogP contribution >= 0.6 is 11.9 Å². The Labute approximate surface area is 231 Å². The molecule has 1 aliphatic carbocycles. The number of nitrogens with one attached hydrogen (secondary N) is 1. The van der Waals surface area contributed by atoms with Crippen molar-refractivity contribution < 1.29 is 23.1 Å². The first-order valence-electron chi connectivity index (χ1n) is 14.0. The Morgan fingerprint density at radius 3 is 2.64 bits per heavy atom. The van der Waals surface area contributed by atoms with E-state index < -0.39 is 18.1 Å². The molecule has 1 saturated carbocycles. The lowest BCUT2D eigenvalue weighted by atomic mass is 9.79. The molecule has 2 N–H and O–H groups in total. The van der Waals surface area contributed by atoms with E-state index >= 15 is 0 Å². The SMILES string of the molecule is O=C1NC(C2CCC(CCC(F)(F)F)CC2)=NC12CCN(S/C=C/c1cccc3c1ccn3CCCO)CC2. The van der Waals surface area contributed by atoms with Gasteiger partial charge < -0.3 is 15.0 Å². The number of hydrogen-bond donors (Lipinski definition) is 2. The van der Waals surface area contributed by atoms with E-state index in [4.69, 9.17) is 10.1 Å². The molecule has 5 rings (SSSR count). The zero-order chi connectivity index (χ0) is 27.5. The summed E-state index contributed by atoms with van der Waals surface area (Å²) >= 11 is 1.65. The lowest BCUT2D eigenvalue weighted by Gasteiger charge is -2.34. The zero-order valence-corrected chi connectivity index (χ0v) is 22.9. The van der Waals surface area contributed by atoms with Gasteiger partial charge in [-0.3, -0.25) is 9.79 Å². The number of rotatable bonds is 9. The molecule has 0 unspecified atom stereocenters. The fraction of sp³-hybridized carbons (Fsp3) is 0.586. The van der Waals surface area contributed by atoms with Crippen LogP contribution in [-0.4, -0.2) is 57.1 Å². The van der Waals surface area contributed by atoms with Gasteiger partial charge in [0.15, 0.2) is 0 Å². The monoisotopic (exact) mass is 562 g/mol. The minimum atomic E-state index is -4.09. The van der Waals surface area contributed by atoms with Crippen LogP contribution in [0, 0.1) is 11.8 Å². The number of hydrogen-bond acceptors (Lipinski definition) is 5. The van der Waals surface area contributed by atoms with Crippen molar-refractivity contribution in [3.8, 4) is 0 Å². The number of benzene rings is 1. The van der Waals surface area contributed by atoms with Gasteiger partial charge in [-0.25, -0.2) is 4.31 Å². The number of halogens is 3. The minimum absolute atomic E-state index is 0.0192. The molecule has 0 bridgehead atoms. The van der Waals surface area contributed by atoms with Gasteiger partial charge in [-0.2, -0.15) is 13.2 Å². The molecule has 0 radical (unpaired) electrons. The summed E-state index contributed by atoms with van der Waals surface area (Å²) in [6.07, 6.45) is 4.76. The van der Waals surface area contributed by atoms with Crippen molar-refractivity contribution in [2.45, 2.75) is 76.0 Å². The maximum Gasteiger partial charge on any atom is 0.389 e. The molecule has 1 aromatic heterocycles. The van der Waals surface area contributed by atoms with Crippen molar-refractivity contribution in [2.75, 3.05) is 19.7 Å². The van der Waals surface area contributed by atoms with Crippen LogP contribution < -0.4 is 5.32 Å². The molecular weight excluding hydrogens is 525 g/mol. The average Bonchev–Trinajstić information content (AvgIpc) is 3.48. The number of amides is 1. The number of aromatic nitrogens is 1. The lowest BCUT2D eigenvalue weighted by molar-refractivity contribution is -0.138. The number of aliphatic hydroxyl groups excluding tert-OH is 1. The summed E-state index contributed by atoms with van der Waals surface area (Å²) in [5, 5.41) is 15.5. The molecule has 6 nitrogen and oxygen atoms in total. The first kappa shape index (κ1) is 28.2. The lowest BCUT2D eigenvalue weighted by Crippen LogP contribution is -2.47. The number of aryl methyl sites for hydroxylation is 1. The zero-order valence-electron chi connectivity index (χ0n) is 22.1. The van der Waals surface area contributed by atoms with Crippen LogP contribution in [0.5, 0.6) is 0 Å². The second-order valence-electron chi connectivity index (χ2n) is 11.1. The van der Waals surface area contributed by atoms with Gasteiger partial charge in [-0.05, 0) is 86.5 Å². The molecule has 1 saturated heterocycles. The van der Waals surface area contributed by atoms with Gasteiger partial charge in [0.25, 0.3) is 5.91 Å². The number of aliphatic hydroxyl groups is 1. The van der Waals surface area contributed by atoms with Crippen molar-refractivity contribution in [3.05, 3.63) is 41.4 Å². The number of nitrogens with zero attached hydrogens (tertiary/aromatic N) is 3. The largest absolute Gasteiger partial charge is 0.396 e. The summed E-state index contributed by atoms with van der Waals surface area (Å²) in [5.74, 6) is 0.997. The number of amidine groups is 1.